The van der Waals surface area contributed by atoms with E-state index in [1.807, 2.05) is 12.1 Å². The second kappa shape index (κ2) is 6.63. The van der Waals surface area contributed by atoms with Crippen molar-refractivity contribution < 1.29 is 4.42 Å². The minimum absolute atomic E-state index is 0.381. The van der Waals surface area contributed by atoms with Crippen LogP contribution in [-0.4, -0.2) is 29.6 Å². The third kappa shape index (κ3) is 2.75. The number of benzene rings is 2. The topological polar surface area (TPSA) is 74.0 Å². The van der Waals surface area contributed by atoms with Crippen molar-refractivity contribution in [3.63, 3.8) is 0 Å². The molecule has 0 aliphatic heterocycles. The van der Waals surface area contributed by atoms with Gasteiger partial charge in [-0.1, -0.05) is 34.8 Å². The second-order valence-corrected chi connectivity index (χ2v) is 7.16. The predicted molar refractivity (Wildman–Crippen MR) is 106 cm³/mol. The average Bonchev–Trinajstić information content (AvgIpc) is 3.39. The van der Waals surface area contributed by atoms with Crippen LogP contribution in [0, 0.1) is 0 Å². The number of rotatable bonds is 3. The van der Waals surface area contributed by atoms with Crippen molar-refractivity contribution in [1.29, 1.82) is 0 Å². The van der Waals surface area contributed by atoms with Gasteiger partial charge >= 0.3 is 5.84 Å². The van der Waals surface area contributed by atoms with E-state index in [1.165, 1.54) is 6.26 Å². The van der Waals surface area contributed by atoms with E-state index in [0.717, 1.165) is 5.69 Å². The van der Waals surface area contributed by atoms with Crippen molar-refractivity contribution in [2.24, 2.45) is 0 Å². The highest BCUT2D eigenvalue weighted by Gasteiger charge is 2.25. The van der Waals surface area contributed by atoms with Gasteiger partial charge in [0.05, 0.1) is 10.7 Å². The summed E-state index contributed by atoms with van der Waals surface area (Å²) in [4.78, 5) is 4.57. The van der Waals surface area contributed by atoms with Gasteiger partial charge in [0.25, 0.3) is 0 Å². The Bertz CT molecular complexity index is 1300. The third-order valence-corrected chi connectivity index (χ3v) is 5.01. The zero-order valence-corrected chi connectivity index (χ0v) is 16.2. The highest BCUT2D eigenvalue weighted by atomic mass is 35.5. The minimum Gasteiger partial charge on any atom is -0.432 e. The molecule has 0 bridgehead atoms. The molecule has 7 nitrogen and oxygen atoms in total. The van der Waals surface area contributed by atoms with Gasteiger partial charge < -0.3 is 4.42 Å². The van der Waals surface area contributed by atoms with Gasteiger partial charge in [0, 0.05) is 21.8 Å². The normalized spacial score (nSPS) is 11.4. The summed E-state index contributed by atoms with van der Waals surface area (Å²) in [5.41, 5.74) is 2.56. The van der Waals surface area contributed by atoms with Gasteiger partial charge in [-0.3, -0.25) is 4.40 Å². The van der Waals surface area contributed by atoms with E-state index >= 15 is 0 Å². The molecule has 3 aromatic heterocycles. The molecule has 138 valence electrons. The predicted octanol–water partition coefficient (Wildman–Crippen LogP) is 5.20. The molecule has 28 heavy (non-hydrogen) atoms. The quantitative estimate of drug-likeness (QED) is 0.393. The first-order valence-electron chi connectivity index (χ1n) is 8.07. The van der Waals surface area contributed by atoms with Crippen molar-refractivity contribution in [1.82, 2.24) is 29.6 Å². The van der Waals surface area contributed by atoms with Crippen molar-refractivity contribution in [3.8, 4) is 28.5 Å². The fraction of sp³-hybridized carbons (Fsp3) is 0. The third-order valence-electron chi connectivity index (χ3n) is 4.20. The number of nitrogens with zero attached hydrogens (tertiary/aromatic N) is 6. The van der Waals surface area contributed by atoms with E-state index in [4.69, 9.17) is 39.2 Å². The Kier molecular flexibility index (Phi) is 4.08. The summed E-state index contributed by atoms with van der Waals surface area (Å²) in [6.45, 7) is 0. The molecule has 0 fully saturated rings. The average molecular weight is 432 g/mol. The van der Waals surface area contributed by atoms with Crippen LogP contribution < -0.4 is 0 Å². The van der Waals surface area contributed by atoms with Crippen LogP contribution in [0.1, 0.15) is 0 Å². The summed E-state index contributed by atoms with van der Waals surface area (Å²) in [5, 5.41) is 13.8. The molecule has 0 aliphatic rings. The lowest BCUT2D eigenvalue weighted by Gasteiger charge is -2.07. The maximum absolute atomic E-state index is 6.42. The fourth-order valence-electron chi connectivity index (χ4n) is 2.96. The first kappa shape index (κ1) is 17.2. The molecule has 5 rings (SSSR count). The minimum atomic E-state index is 0.381. The Balaban J connectivity index is 1.79. The lowest BCUT2D eigenvalue weighted by atomic mass is 10.1. The van der Waals surface area contributed by atoms with Crippen LogP contribution >= 0.6 is 34.8 Å². The summed E-state index contributed by atoms with van der Waals surface area (Å²) in [7, 11) is 0. The molecule has 0 radical (unpaired) electrons. The van der Waals surface area contributed by atoms with E-state index in [9.17, 15) is 0 Å². The number of hydrogen-bond acceptors (Lipinski definition) is 5. The number of imidazole rings is 1. The smallest absolute Gasteiger partial charge is 0.306 e. The number of halogens is 3. The molecule has 0 saturated heterocycles. The van der Waals surface area contributed by atoms with Gasteiger partial charge in [0.1, 0.15) is 17.7 Å². The van der Waals surface area contributed by atoms with Crippen molar-refractivity contribution in [2.75, 3.05) is 0 Å². The lowest BCUT2D eigenvalue weighted by molar-refractivity contribution is 0.596. The first-order valence-corrected chi connectivity index (χ1v) is 9.21. The number of tetrazole rings is 1. The molecule has 0 amide bonds. The molecule has 0 N–H and O–H groups in total. The van der Waals surface area contributed by atoms with Gasteiger partial charge in [-0.15, -0.1) is 5.10 Å². The van der Waals surface area contributed by atoms with Gasteiger partial charge in [-0.25, -0.2) is 0 Å². The van der Waals surface area contributed by atoms with E-state index < -0.39 is 0 Å². The lowest BCUT2D eigenvalue weighted by Crippen LogP contribution is -2.02. The van der Waals surface area contributed by atoms with Crippen LogP contribution in [0.15, 0.2) is 59.3 Å². The summed E-state index contributed by atoms with van der Waals surface area (Å²) in [6, 6.07) is 12.3. The Morgan fingerprint density at radius 2 is 1.71 bits per heavy atom. The van der Waals surface area contributed by atoms with Crippen LogP contribution in [0.3, 0.4) is 0 Å². The highest BCUT2D eigenvalue weighted by molar-refractivity contribution is 6.35. The second-order valence-electron chi connectivity index (χ2n) is 5.88. The Hall–Kier alpha value is -2.87. The molecule has 5 aromatic rings. The molecular formula is C18H9Cl3N6O. The van der Waals surface area contributed by atoms with Crippen LogP contribution in [-0.2, 0) is 0 Å². The molecule has 0 unspecified atom stereocenters. The summed E-state index contributed by atoms with van der Waals surface area (Å²) < 4.78 is 8.82. The van der Waals surface area contributed by atoms with Crippen LogP contribution in [0.25, 0.3) is 34.3 Å². The van der Waals surface area contributed by atoms with E-state index in [0.29, 0.717) is 43.7 Å². The van der Waals surface area contributed by atoms with Gasteiger partial charge in [-0.05, 0) is 52.9 Å². The van der Waals surface area contributed by atoms with E-state index in [2.05, 4.69) is 20.5 Å². The fourth-order valence-corrected chi connectivity index (χ4v) is 3.46. The maximum atomic E-state index is 6.42. The molecular weight excluding hydrogens is 423 g/mol. The number of oxazole rings is 1. The highest BCUT2D eigenvalue weighted by Crippen LogP contribution is 2.37. The first-order chi connectivity index (χ1) is 13.6. The van der Waals surface area contributed by atoms with Crippen LogP contribution in [0.5, 0.6) is 0 Å². The van der Waals surface area contributed by atoms with Gasteiger partial charge in [0.2, 0.25) is 5.82 Å². The molecule has 0 saturated carbocycles. The summed E-state index contributed by atoms with van der Waals surface area (Å²) >= 11 is 18.6. The summed E-state index contributed by atoms with van der Waals surface area (Å²) in [6.07, 6.45) is 3.27. The number of fused-ring (bicyclic) bond motifs is 1. The molecule has 10 heteroatoms. The molecule has 0 spiro atoms. The Labute approximate surface area is 173 Å². The Morgan fingerprint density at radius 1 is 0.929 bits per heavy atom. The number of aromatic nitrogens is 6. The van der Waals surface area contributed by atoms with Crippen molar-refractivity contribution in [2.45, 2.75) is 0 Å². The maximum Gasteiger partial charge on any atom is 0.306 e. The molecule has 2 aromatic carbocycles. The van der Waals surface area contributed by atoms with E-state index in [1.54, 1.807) is 45.6 Å². The van der Waals surface area contributed by atoms with E-state index in [-0.39, 0.29) is 0 Å². The van der Waals surface area contributed by atoms with Crippen molar-refractivity contribution in [3.05, 3.63) is 70.0 Å². The Morgan fingerprint density at radius 3 is 2.54 bits per heavy atom. The van der Waals surface area contributed by atoms with Crippen molar-refractivity contribution >= 4 is 40.6 Å². The molecule has 0 aliphatic carbocycles. The molecule has 3 heterocycles. The van der Waals surface area contributed by atoms with Gasteiger partial charge in [0.15, 0.2) is 0 Å². The molecule has 0 atom stereocenters. The standard InChI is InChI=1S/C18H9Cl3N6O/c19-10-1-4-12(5-2-10)27-17(23-24-25-27)16-15(22-18-26(16)7-8-28-18)13-9-11(20)3-6-14(13)21/h1-9H. The van der Waals surface area contributed by atoms with Crippen LogP contribution in [0.2, 0.25) is 15.1 Å². The zero-order valence-electron chi connectivity index (χ0n) is 13.9. The number of hydrogen-bond donors (Lipinski definition) is 0. The van der Waals surface area contributed by atoms with Crippen LogP contribution in [0.4, 0.5) is 0 Å². The SMILES string of the molecule is Clc1ccc(-n2nnnc2-c2c(-c3cc(Cl)ccc3Cl)nc3occn23)cc1. The summed E-state index contributed by atoms with van der Waals surface area (Å²) in [5.74, 6) is 0.842. The monoisotopic (exact) mass is 430 g/mol. The zero-order chi connectivity index (χ0) is 19.3. The van der Waals surface area contributed by atoms with Gasteiger partial charge in [-0.2, -0.15) is 9.67 Å². The largest absolute Gasteiger partial charge is 0.432 e.